The molecule has 5 heteroatoms. The number of benzene rings is 3. The fraction of sp³-hybridized carbons (Fsp3) is 0. The van der Waals surface area contributed by atoms with Gasteiger partial charge in [0.2, 0.25) is 5.91 Å². The molecule has 0 aromatic heterocycles. The molecule has 0 saturated heterocycles. The lowest BCUT2D eigenvalue weighted by Crippen LogP contribution is -2.08. The van der Waals surface area contributed by atoms with E-state index in [9.17, 15) is 4.79 Å². The van der Waals surface area contributed by atoms with E-state index in [1.807, 2.05) is 42.5 Å². The number of carbonyl (C=O) groups is 1. The number of ether oxygens (including phenoxy) is 1. The van der Waals surface area contributed by atoms with E-state index in [1.165, 1.54) is 6.08 Å². The van der Waals surface area contributed by atoms with Gasteiger partial charge in [0, 0.05) is 6.08 Å². The quantitative estimate of drug-likeness (QED) is 0.514. The van der Waals surface area contributed by atoms with E-state index in [2.05, 4.69) is 5.32 Å². The number of nitrogens with one attached hydrogen (secondary N) is 1. The lowest BCUT2D eigenvalue weighted by molar-refractivity contribution is -0.111. The number of carbonyl (C=O) groups excluding carboxylic acids is 1. The van der Waals surface area contributed by atoms with Crippen molar-refractivity contribution in [3.8, 4) is 11.5 Å². The molecule has 0 bridgehead atoms. The Morgan fingerprint density at radius 2 is 1.62 bits per heavy atom. The second-order valence-electron chi connectivity index (χ2n) is 5.41. The Hall–Kier alpha value is -2.75. The Labute approximate surface area is 161 Å². The third kappa shape index (κ3) is 4.88. The van der Waals surface area contributed by atoms with Crippen molar-refractivity contribution in [1.82, 2.24) is 0 Å². The molecule has 0 heterocycles. The summed E-state index contributed by atoms with van der Waals surface area (Å²) < 4.78 is 5.83. The molecule has 0 radical (unpaired) electrons. The zero-order valence-corrected chi connectivity index (χ0v) is 15.2. The average Bonchev–Trinajstić information content (AvgIpc) is 2.65. The van der Waals surface area contributed by atoms with Crippen molar-refractivity contribution in [3.05, 3.63) is 94.5 Å². The minimum atomic E-state index is -0.278. The minimum absolute atomic E-state index is 0.278. The van der Waals surface area contributed by atoms with Gasteiger partial charge in [-0.1, -0.05) is 59.6 Å². The molecule has 3 aromatic rings. The van der Waals surface area contributed by atoms with Crippen LogP contribution in [0.5, 0.6) is 11.5 Å². The van der Waals surface area contributed by atoms with Gasteiger partial charge in [-0.15, -0.1) is 0 Å². The molecule has 3 rings (SSSR count). The van der Waals surface area contributed by atoms with Crippen LogP contribution in [0.3, 0.4) is 0 Å². The lowest BCUT2D eigenvalue weighted by atomic mass is 10.2. The number of hydrogen-bond donors (Lipinski definition) is 1. The molecule has 0 aliphatic heterocycles. The maximum Gasteiger partial charge on any atom is 0.248 e. The highest BCUT2D eigenvalue weighted by Crippen LogP contribution is 2.29. The summed E-state index contributed by atoms with van der Waals surface area (Å²) in [5.74, 6) is 0.982. The molecule has 26 heavy (non-hydrogen) atoms. The van der Waals surface area contributed by atoms with Gasteiger partial charge in [-0.3, -0.25) is 4.79 Å². The summed E-state index contributed by atoms with van der Waals surface area (Å²) in [5, 5.41) is 3.73. The fourth-order valence-electron chi connectivity index (χ4n) is 2.24. The molecule has 0 fully saturated rings. The highest BCUT2D eigenvalue weighted by molar-refractivity contribution is 6.42. The van der Waals surface area contributed by atoms with Gasteiger partial charge in [-0.2, -0.15) is 0 Å². The Morgan fingerprint density at radius 3 is 2.38 bits per heavy atom. The van der Waals surface area contributed by atoms with Gasteiger partial charge in [0.15, 0.2) is 5.75 Å². The third-order valence-corrected chi connectivity index (χ3v) is 4.23. The first-order chi connectivity index (χ1) is 12.6. The number of anilines is 1. The van der Waals surface area contributed by atoms with E-state index < -0.39 is 0 Å². The summed E-state index contributed by atoms with van der Waals surface area (Å²) in [4.78, 5) is 12.2. The summed E-state index contributed by atoms with van der Waals surface area (Å²) in [7, 11) is 0. The van der Waals surface area contributed by atoms with Crippen molar-refractivity contribution in [1.29, 1.82) is 0 Å². The van der Waals surface area contributed by atoms with Crippen LogP contribution in [0.15, 0.2) is 78.9 Å². The predicted molar refractivity (Wildman–Crippen MR) is 107 cm³/mol. The SMILES string of the molecule is O=C(C=Cc1ccc(Cl)c(Cl)c1)Nc1ccccc1Oc1ccccc1. The van der Waals surface area contributed by atoms with Crippen molar-refractivity contribution < 1.29 is 9.53 Å². The van der Waals surface area contributed by atoms with Crippen molar-refractivity contribution in [2.75, 3.05) is 5.32 Å². The van der Waals surface area contributed by atoms with Crippen molar-refractivity contribution >= 4 is 40.9 Å². The van der Waals surface area contributed by atoms with Gasteiger partial charge in [0.25, 0.3) is 0 Å². The molecular weight excluding hydrogens is 369 g/mol. The second kappa shape index (κ2) is 8.56. The van der Waals surface area contributed by atoms with Crippen LogP contribution in [-0.4, -0.2) is 5.91 Å². The molecule has 0 unspecified atom stereocenters. The summed E-state index contributed by atoms with van der Waals surface area (Å²) in [5.41, 5.74) is 1.36. The fourth-order valence-corrected chi connectivity index (χ4v) is 2.54. The van der Waals surface area contributed by atoms with Gasteiger partial charge >= 0.3 is 0 Å². The molecule has 0 atom stereocenters. The zero-order chi connectivity index (χ0) is 18.4. The number of para-hydroxylation sites is 3. The largest absolute Gasteiger partial charge is 0.455 e. The van der Waals surface area contributed by atoms with E-state index in [0.717, 1.165) is 5.56 Å². The third-order valence-electron chi connectivity index (χ3n) is 3.49. The van der Waals surface area contributed by atoms with E-state index in [1.54, 1.807) is 36.4 Å². The predicted octanol–water partition coefficient (Wildman–Crippen LogP) is 6.44. The Bertz CT molecular complexity index is 940. The molecule has 3 aromatic carbocycles. The van der Waals surface area contributed by atoms with Crippen LogP contribution in [-0.2, 0) is 4.79 Å². The number of amides is 1. The monoisotopic (exact) mass is 383 g/mol. The van der Waals surface area contributed by atoms with Crippen LogP contribution in [0, 0.1) is 0 Å². The van der Waals surface area contributed by atoms with Crippen molar-refractivity contribution in [2.24, 2.45) is 0 Å². The van der Waals surface area contributed by atoms with Crippen LogP contribution in [0.1, 0.15) is 5.56 Å². The van der Waals surface area contributed by atoms with Crippen LogP contribution in [0.4, 0.5) is 5.69 Å². The molecule has 0 spiro atoms. The first-order valence-electron chi connectivity index (χ1n) is 7.88. The van der Waals surface area contributed by atoms with Crippen molar-refractivity contribution in [2.45, 2.75) is 0 Å². The second-order valence-corrected chi connectivity index (χ2v) is 6.22. The van der Waals surface area contributed by atoms with Gasteiger partial charge < -0.3 is 10.1 Å². The molecule has 1 amide bonds. The summed E-state index contributed by atoms with van der Waals surface area (Å²) >= 11 is 11.9. The summed E-state index contributed by atoms with van der Waals surface area (Å²) in [6.45, 7) is 0. The Kier molecular flexibility index (Phi) is 5.95. The van der Waals surface area contributed by atoms with E-state index in [-0.39, 0.29) is 5.91 Å². The van der Waals surface area contributed by atoms with Gasteiger partial charge in [0.1, 0.15) is 5.75 Å². The topological polar surface area (TPSA) is 38.3 Å². The molecule has 3 nitrogen and oxygen atoms in total. The Balaban J connectivity index is 1.71. The van der Waals surface area contributed by atoms with Crippen LogP contribution >= 0.6 is 23.2 Å². The molecule has 0 aliphatic carbocycles. The maximum absolute atomic E-state index is 12.2. The smallest absolute Gasteiger partial charge is 0.248 e. The first-order valence-corrected chi connectivity index (χ1v) is 8.63. The molecule has 1 N–H and O–H groups in total. The van der Waals surface area contributed by atoms with Gasteiger partial charge in [-0.05, 0) is 48.0 Å². The normalized spacial score (nSPS) is 10.7. The lowest BCUT2D eigenvalue weighted by Gasteiger charge is -2.11. The first kappa shape index (κ1) is 18.1. The zero-order valence-electron chi connectivity index (χ0n) is 13.7. The molecular formula is C21H15Cl2NO2. The standard InChI is InChI=1S/C21H15Cl2NO2/c22-17-12-10-15(14-18(17)23)11-13-21(25)24-19-8-4-5-9-20(19)26-16-6-2-1-3-7-16/h1-14H,(H,24,25). The van der Waals surface area contributed by atoms with Crippen LogP contribution in [0.25, 0.3) is 6.08 Å². The summed E-state index contributed by atoms with van der Waals surface area (Å²) in [6, 6.07) is 21.8. The number of hydrogen-bond acceptors (Lipinski definition) is 2. The Morgan fingerprint density at radius 1 is 0.885 bits per heavy atom. The van der Waals surface area contributed by atoms with E-state index in [0.29, 0.717) is 27.2 Å². The van der Waals surface area contributed by atoms with Gasteiger partial charge in [-0.25, -0.2) is 0 Å². The number of halogens is 2. The summed E-state index contributed by atoms with van der Waals surface area (Å²) in [6.07, 6.45) is 3.09. The van der Waals surface area contributed by atoms with Crippen LogP contribution in [0.2, 0.25) is 10.0 Å². The van der Waals surface area contributed by atoms with E-state index in [4.69, 9.17) is 27.9 Å². The number of rotatable bonds is 5. The average molecular weight is 384 g/mol. The minimum Gasteiger partial charge on any atom is -0.455 e. The van der Waals surface area contributed by atoms with Gasteiger partial charge in [0.05, 0.1) is 15.7 Å². The molecule has 130 valence electrons. The molecule has 0 saturated carbocycles. The maximum atomic E-state index is 12.2. The molecule has 0 aliphatic rings. The van der Waals surface area contributed by atoms with Crippen LogP contribution < -0.4 is 10.1 Å². The van der Waals surface area contributed by atoms with Crippen molar-refractivity contribution in [3.63, 3.8) is 0 Å². The van der Waals surface area contributed by atoms with E-state index >= 15 is 0 Å². The highest BCUT2D eigenvalue weighted by atomic mass is 35.5. The highest BCUT2D eigenvalue weighted by Gasteiger charge is 2.06.